The van der Waals surface area contributed by atoms with Crippen molar-refractivity contribution in [3.05, 3.63) is 48.3 Å². The molecule has 0 saturated heterocycles. The van der Waals surface area contributed by atoms with Gasteiger partial charge in [0, 0.05) is 31.5 Å². The summed E-state index contributed by atoms with van der Waals surface area (Å²) in [6.45, 7) is 3.79. The number of benzene rings is 1. The van der Waals surface area contributed by atoms with Gasteiger partial charge in [-0.25, -0.2) is 4.68 Å². The molecule has 2 N–H and O–H groups in total. The van der Waals surface area contributed by atoms with Gasteiger partial charge < -0.3 is 10.6 Å². The molecule has 0 bridgehead atoms. The van der Waals surface area contributed by atoms with E-state index in [1.165, 1.54) is 18.4 Å². The van der Waals surface area contributed by atoms with Gasteiger partial charge in [-0.1, -0.05) is 12.1 Å². The molecule has 1 saturated carbocycles. The molecule has 0 radical (unpaired) electrons. The van der Waals surface area contributed by atoms with E-state index in [0.29, 0.717) is 6.04 Å². The summed E-state index contributed by atoms with van der Waals surface area (Å²) in [5.41, 5.74) is 2.38. The fourth-order valence-electron chi connectivity index (χ4n) is 2.27. The number of nitrogens with zero attached hydrogens (tertiary/aromatic N) is 3. The van der Waals surface area contributed by atoms with Crippen LogP contribution in [0.25, 0.3) is 5.69 Å². The van der Waals surface area contributed by atoms with Crippen molar-refractivity contribution in [3.8, 4) is 5.69 Å². The Labute approximate surface area is 131 Å². The largest absolute Gasteiger partial charge is 0.357 e. The number of aliphatic imine (C=N–C) groups is 1. The zero-order chi connectivity index (χ0) is 15.2. The maximum atomic E-state index is 4.64. The van der Waals surface area contributed by atoms with E-state index in [0.717, 1.165) is 31.2 Å². The molecule has 0 aliphatic heterocycles. The third-order valence-corrected chi connectivity index (χ3v) is 3.64. The van der Waals surface area contributed by atoms with Crippen molar-refractivity contribution < 1.29 is 0 Å². The predicted octanol–water partition coefficient (Wildman–Crippen LogP) is 2.13. The lowest BCUT2D eigenvalue weighted by Gasteiger charge is -2.10. The minimum Gasteiger partial charge on any atom is -0.357 e. The van der Waals surface area contributed by atoms with E-state index >= 15 is 0 Å². The average molecular weight is 297 g/mol. The van der Waals surface area contributed by atoms with Gasteiger partial charge in [-0.3, -0.25) is 4.99 Å². The van der Waals surface area contributed by atoms with Crippen LogP contribution in [0.15, 0.2) is 47.7 Å². The maximum absolute atomic E-state index is 4.64. The molecule has 5 heteroatoms. The highest BCUT2D eigenvalue weighted by atomic mass is 15.3. The molecule has 1 aromatic heterocycles. The van der Waals surface area contributed by atoms with Crippen LogP contribution < -0.4 is 10.6 Å². The van der Waals surface area contributed by atoms with Gasteiger partial charge in [0.25, 0.3) is 0 Å². The van der Waals surface area contributed by atoms with Gasteiger partial charge in [0.1, 0.15) is 0 Å². The number of hydrogen-bond acceptors (Lipinski definition) is 2. The summed E-state index contributed by atoms with van der Waals surface area (Å²) in [7, 11) is 0. The summed E-state index contributed by atoms with van der Waals surface area (Å²) in [5, 5.41) is 11.0. The van der Waals surface area contributed by atoms with Crippen LogP contribution in [0.4, 0.5) is 0 Å². The van der Waals surface area contributed by atoms with E-state index in [1.54, 1.807) is 6.20 Å². The minimum absolute atomic E-state index is 0.631. The Morgan fingerprint density at radius 2 is 2.14 bits per heavy atom. The Bertz CT molecular complexity index is 596. The molecule has 116 valence electrons. The van der Waals surface area contributed by atoms with Gasteiger partial charge in [0.15, 0.2) is 5.96 Å². The van der Waals surface area contributed by atoms with E-state index in [4.69, 9.17) is 0 Å². The van der Waals surface area contributed by atoms with Crippen LogP contribution in [-0.2, 0) is 6.42 Å². The van der Waals surface area contributed by atoms with Crippen molar-refractivity contribution in [2.24, 2.45) is 4.99 Å². The highest BCUT2D eigenvalue weighted by molar-refractivity contribution is 5.80. The van der Waals surface area contributed by atoms with Crippen LogP contribution in [0.5, 0.6) is 0 Å². The van der Waals surface area contributed by atoms with Crippen LogP contribution in [-0.4, -0.2) is 34.9 Å². The Morgan fingerprint density at radius 3 is 2.77 bits per heavy atom. The number of hydrogen-bond donors (Lipinski definition) is 2. The van der Waals surface area contributed by atoms with E-state index in [-0.39, 0.29) is 0 Å². The zero-order valence-electron chi connectivity index (χ0n) is 13.0. The molecular weight excluding hydrogens is 274 g/mol. The maximum Gasteiger partial charge on any atom is 0.191 e. The van der Waals surface area contributed by atoms with Crippen LogP contribution in [0.1, 0.15) is 25.3 Å². The summed E-state index contributed by atoms with van der Waals surface area (Å²) in [4.78, 5) is 4.64. The van der Waals surface area contributed by atoms with Crippen molar-refractivity contribution in [1.29, 1.82) is 0 Å². The van der Waals surface area contributed by atoms with E-state index < -0.39 is 0 Å². The molecule has 1 aliphatic rings. The molecular formula is C17H23N5. The average Bonchev–Trinajstić information content (AvgIpc) is 3.18. The Hall–Kier alpha value is -2.30. The van der Waals surface area contributed by atoms with Crippen molar-refractivity contribution in [1.82, 2.24) is 20.4 Å². The SMILES string of the molecule is CCNC(=NCCc1ccc(-n2cccn2)cc1)NC1CC1. The topological polar surface area (TPSA) is 54.2 Å². The zero-order valence-corrected chi connectivity index (χ0v) is 13.0. The molecule has 1 heterocycles. The Morgan fingerprint density at radius 1 is 1.32 bits per heavy atom. The summed E-state index contributed by atoms with van der Waals surface area (Å²) in [6, 6.07) is 11.0. The minimum atomic E-state index is 0.631. The van der Waals surface area contributed by atoms with Crippen molar-refractivity contribution in [3.63, 3.8) is 0 Å². The van der Waals surface area contributed by atoms with E-state index in [9.17, 15) is 0 Å². The van der Waals surface area contributed by atoms with E-state index in [1.807, 2.05) is 16.9 Å². The molecule has 1 aromatic carbocycles. The molecule has 0 atom stereocenters. The van der Waals surface area contributed by atoms with E-state index in [2.05, 4.69) is 51.9 Å². The van der Waals surface area contributed by atoms with Gasteiger partial charge in [-0.2, -0.15) is 5.10 Å². The first-order chi connectivity index (χ1) is 10.8. The molecule has 3 rings (SSSR count). The third kappa shape index (κ3) is 4.10. The lowest BCUT2D eigenvalue weighted by Crippen LogP contribution is -2.38. The molecule has 0 spiro atoms. The number of guanidine groups is 1. The first kappa shape index (κ1) is 14.6. The first-order valence-electron chi connectivity index (χ1n) is 7.99. The molecule has 22 heavy (non-hydrogen) atoms. The molecule has 1 aliphatic carbocycles. The van der Waals surface area contributed by atoms with Crippen molar-refractivity contribution >= 4 is 5.96 Å². The van der Waals surface area contributed by atoms with Crippen LogP contribution in [0.2, 0.25) is 0 Å². The van der Waals surface area contributed by atoms with Crippen LogP contribution in [0, 0.1) is 0 Å². The lowest BCUT2D eigenvalue weighted by atomic mass is 10.1. The highest BCUT2D eigenvalue weighted by Crippen LogP contribution is 2.18. The third-order valence-electron chi connectivity index (χ3n) is 3.64. The molecule has 0 unspecified atom stereocenters. The first-order valence-corrected chi connectivity index (χ1v) is 7.99. The number of rotatable bonds is 6. The fourth-order valence-corrected chi connectivity index (χ4v) is 2.27. The summed E-state index contributed by atoms with van der Waals surface area (Å²) < 4.78 is 1.87. The van der Waals surface area contributed by atoms with Crippen LogP contribution in [0.3, 0.4) is 0 Å². The second kappa shape index (κ2) is 7.11. The molecule has 5 nitrogen and oxygen atoms in total. The summed E-state index contributed by atoms with van der Waals surface area (Å²) in [5.74, 6) is 0.943. The van der Waals surface area contributed by atoms with Gasteiger partial charge in [0.2, 0.25) is 0 Å². The number of nitrogens with one attached hydrogen (secondary N) is 2. The Kier molecular flexibility index (Phi) is 4.73. The van der Waals surface area contributed by atoms with Crippen molar-refractivity contribution in [2.75, 3.05) is 13.1 Å². The summed E-state index contributed by atoms with van der Waals surface area (Å²) in [6.07, 6.45) is 7.21. The standard InChI is InChI=1S/C17H23N5/c1-2-18-17(21-15-6-7-15)19-12-10-14-4-8-16(9-5-14)22-13-3-11-20-22/h3-5,8-9,11,13,15H,2,6-7,10,12H2,1H3,(H2,18,19,21). The van der Waals surface area contributed by atoms with Crippen LogP contribution >= 0.6 is 0 Å². The molecule has 0 amide bonds. The molecule has 1 fully saturated rings. The predicted molar refractivity (Wildman–Crippen MR) is 89.4 cm³/mol. The van der Waals surface area contributed by atoms with Crippen molar-refractivity contribution in [2.45, 2.75) is 32.2 Å². The Balaban J connectivity index is 1.54. The number of aromatic nitrogens is 2. The molecule has 2 aromatic rings. The van der Waals surface area contributed by atoms with Gasteiger partial charge in [0.05, 0.1) is 5.69 Å². The quantitative estimate of drug-likeness (QED) is 0.634. The highest BCUT2D eigenvalue weighted by Gasteiger charge is 2.21. The van der Waals surface area contributed by atoms with Gasteiger partial charge >= 0.3 is 0 Å². The summed E-state index contributed by atoms with van der Waals surface area (Å²) >= 11 is 0. The second-order valence-corrected chi connectivity index (χ2v) is 5.55. The fraction of sp³-hybridized carbons (Fsp3) is 0.412. The van der Waals surface area contributed by atoms with Gasteiger partial charge in [-0.05, 0) is 49.9 Å². The second-order valence-electron chi connectivity index (χ2n) is 5.55. The lowest BCUT2D eigenvalue weighted by molar-refractivity contribution is 0.808. The monoisotopic (exact) mass is 297 g/mol. The van der Waals surface area contributed by atoms with Gasteiger partial charge in [-0.15, -0.1) is 0 Å². The normalized spacial score (nSPS) is 14.9. The smallest absolute Gasteiger partial charge is 0.191 e.